The molecule has 8 heteroatoms. The third-order valence-electron chi connectivity index (χ3n) is 4.41. The van der Waals surface area contributed by atoms with Gasteiger partial charge in [-0.1, -0.05) is 30.3 Å². The van der Waals surface area contributed by atoms with Crippen LogP contribution in [0.4, 0.5) is 5.69 Å². The Morgan fingerprint density at radius 1 is 0.963 bits per heavy atom. The summed E-state index contributed by atoms with van der Waals surface area (Å²) < 4.78 is 27.8. The second-order valence-corrected chi connectivity index (χ2v) is 9.69. The van der Waals surface area contributed by atoms with Crippen molar-refractivity contribution in [2.75, 3.05) is 38.0 Å². The Labute approximate surface area is 173 Å². The molecule has 1 N–H and O–H groups in total. The molecule has 0 unspecified atom stereocenters. The number of nitrogens with zero attached hydrogens (tertiary/aromatic N) is 2. The number of carbonyl (C=O) groups is 1. The fraction of sp³-hybridized carbons (Fsp3) is 0.316. The van der Waals surface area contributed by atoms with Crippen LogP contribution in [0.3, 0.4) is 0 Å². The van der Waals surface area contributed by atoms with Crippen LogP contribution in [-0.2, 0) is 20.6 Å². The molecule has 0 spiro atoms. The van der Waals surface area contributed by atoms with E-state index in [4.69, 9.17) is 0 Å². The van der Waals surface area contributed by atoms with Gasteiger partial charge in [0.1, 0.15) is 0 Å². The lowest BCUT2D eigenvalue weighted by molar-refractivity contribution is -0.117. The minimum Gasteiger partial charge on any atom is -0.325 e. The SMILES string of the molecule is O=C(CN1CCN(S(=O)(=O)Cc2ccccc2)CC1)Nc1ccc(I)cc1. The average Bonchev–Trinajstić information content (AvgIpc) is 2.64. The van der Waals surface area contributed by atoms with Crippen LogP contribution in [0.5, 0.6) is 0 Å². The van der Waals surface area contributed by atoms with E-state index in [2.05, 4.69) is 27.9 Å². The lowest BCUT2D eigenvalue weighted by Crippen LogP contribution is -2.50. The van der Waals surface area contributed by atoms with E-state index in [9.17, 15) is 13.2 Å². The Bertz CT molecular complexity index is 865. The minimum absolute atomic E-state index is 0.0150. The van der Waals surface area contributed by atoms with Crippen molar-refractivity contribution >= 4 is 44.2 Å². The molecule has 0 saturated carbocycles. The highest BCUT2D eigenvalue weighted by Gasteiger charge is 2.27. The highest BCUT2D eigenvalue weighted by atomic mass is 127. The molecule has 27 heavy (non-hydrogen) atoms. The molecular weight excluding hydrogens is 477 g/mol. The second kappa shape index (κ2) is 9.13. The fourth-order valence-electron chi connectivity index (χ4n) is 2.98. The van der Waals surface area contributed by atoms with Crippen molar-refractivity contribution in [2.24, 2.45) is 0 Å². The third kappa shape index (κ3) is 6.00. The van der Waals surface area contributed by atoms with E-state index >= 15 is 0 Å². The highest BCUT2D eigenvalue weighted by Crippen LogP contribution is 2.14. The minimum atomic E-state index is -3.34. The van der Waals surface area contributed by atoms with Gasteiger partial charge in [-0.3, -0.25) is 9.69 Å². The van der Waals surface area contributed by atoms with Gasteiger partial charge in [0, 0.05) is 35.4 Å². The number of amides is 1. The van der Waals surface area contributed by atoms with Gasteiger partial charge in [-0.15, -0.1) is 0 Å². The number of anilines is 1. The molecule has 1 amide bonds. The number of sulfonamides is 1. The molecular formula is C19H22IN3O3S. The van der Waals surface area contributed by atoms with Gasteiger partial charge in [-0.25, -0.2) is 8.42 Å². The standard InChI is InChI=1S/C19H22IN3O3S/c20-17-6-8-18(9-7-17)21-19(24)14-22-10-12-23(13-11-22)27(25,26)15-16-4-2-1-3-5-16/h1-9H,10-15H2,(H,21,24). The molecule has 1 saturated heterocycles. The van der Waals surface area contributed by atoms with Gasteiger partial charge >= 0.3 is 0 Å². The molecule has 0 aliphatic carbocycles. The van der Waals surface area contributed by atoms with E-state index in [1.807, 2.05) is 59.5 Å². The predicted molar refractivity (Wildman–Crippen MR) is 115 cm³/mol. The molecule has 1 fully saturated rings. The number of piperazine rings is 1. The molecule has 3 rings (SSSR count). The Morgan fingerprint density at radius 2 is 1.59 bits per heavy atom. The fourth-order valence-corrected chi connectivity index (χ4v) is 4.85. The van der Waals surface area contributed by atoms with Crippen LogP contribution in [0.25, 0.3) is 0 Å². The van der Waals surface area contributed by atoms with Crippen molar-refractivity contribution in [3.63, 3.8) is 0 Å². The Kier molecular flexibility index (Phi) is 6.85. The molecule has 0 bridgehead atoms. The molecule has 0 radical (unpaired) electrons. The second-order valence-electron chi connectivity index (χ2n) is 6.47. The summed E-state index contributed by atoms with van der Waals surface area (Å²) in [5, 5.41) is 2.87. The molecule has 1 aliphatic heterocycles. The van der Waals surface area contributed by atoms with Gasteiger partial charge in [-0.05, 0) is 52.4 Å². The summed E-state index contributed by atoms with van der Waals surface area (Å²) in [6, 6.07) is 16.8. The number of hydrogen-bond acceptors (Lipinski definition) is 4. The average molecular weight is 499 g/mol. The maximum Gasteiger partial charge on any atom is 0.238 e. The summed E-state index contributed by atoms with van der Waals surface area (Å²) in [4.78, 5) is 14.2. The van der Waals surface area contributed by atoms with Crippen LogP contribution in [0.1, 0.15) is 5.56 Å². The number of rotatable bonds is 6. The van der Waals surface area contributed by atoms with E-state index in [1.165, 1.54) is 4.31 Å². The zero-order valence-electron chi connectivity index (χ0n) is 14.8. The molecule has 0 aromatic heterocycles. The first-order chi connectivity index (χ1) is 12.9. The number of benzene rings is 2. The molecule has 1 aliphatic rings. The molecule has 2 aromatic rings. The predicted octanol–water partition coefficient (Wildman–Crippen LogP) is 2.38. The number of nitrogens with one attached hydrogen (secondary N) is 1. The summed E-state index contributed by atoms with van der Waals surface area (Å²) in [6.07, 6.45) is 0. The topological polar surface area (TPSA) is 69.7 Å². The van der Waals surface area contributed by atoms with Gasteiger partial charge in [0.25, 0.3) is 0 Å². The molecule has 2 aromatic carbocycles. The quantitative estimate of drug-likeness (QED) is 0.620. The van der Waals surface area contributed by atoms with Crippen LogP contribution in [0, 0.1) is 3.57 Å². The first kappa shape index (κ1) is 20.2. The van der Waals surface area contributed by atoms with E-state index in [0.29, 0.717) is 26.2 Å². The highest BCUT2D eigenvalue weighted by molar-refractivity contribution is 14.1. The number of halogens is 1. The monoisotopic (exact) mass is 499 g/mol. The zero-order chi connectivity index (χ0) is 19.3. The maximum atomic E-state index is 12.6. The summed E-state index contributed by atoms with van der Waals surface area (Å²) in [5.41, 5.74) is 1.56. The van der Waals surface area contributed by atoms with Crippen LogP contribution in [0.2, 0.25) is 0 Å². The summed E-state index contributed by atoms with van der Waals surface area (Å²) >= 11 is 2.21. The van der Waals surface area contributed by atoms with Crippen molar-refractivity contribution in [1.29, 1.82) is 0 Å². The van der Waals surface area contributed by atoms with E-state index in [1.54, 1.807) is 0 Å². The van der Waals surface area contributed by atoms with Gasteiger partial charge in [-0.2, -0.15) is 4.31 Å². The Balaban J connectivity index is 1.48. The van der Waals surface area contributed by atoms with Gasteiger partial charge < -0.3 is 5.32 Å². The van der Waals surface area contributed by atoms with Crippen molar-refractivity contribution in [1.82, 2.24) is 9.21 Å². The van der Waals surface area contributed by atoms with Crippen LogP contribution in [0.15, 0.2) is 54.6 Å². The Morgan fingerprint density at radius 3 is 2.22 bits per heavy atom. The van der Waals surface area contributed by atoms with Crippen molar-refractivity contribution in [2.45, 2.75) is 5.75 Å². The Hall–Kier alpha value is -1.49. The lowest BCUT2D eigenvalue weighted by Gasteiger charge is -2.33. The normalized spacial score (nSPS) is 16.2. The van der Waals surface area contributed by atoms with Gasteiger partial charge in [0.05, 0.1) is 12.3 Å². The smallest absolute Gasteiger partial charge is 0.238 e. The number of hydrogen-bond donors (Lipinski definition) is 1. The third-order valence-corrected chi connectivity index (χ3v) is 6.98. The van der Waals surface area contributed by atoms with Crippen LogP contribution >= 0.6 is 22.6 Å². The van der Waals surface area contributed by atoms with Crippen LogP contribution < -0.4 is 5.32 Å². The lowest BCUT2D eigenvalue weighted by atomic mass is 10.2. The first-order valence-electron chi connectivity index (χ1n) is 8.72. The van der Waals surface area contributed by atoms with E-state index in [0.717, 1.165) is 14.8 Å². The summed E-state index contributed by atoms with van der Waals surface area (Å²) in [6.45, 7) is 2.18. The van der Waals surface area contributed by atoms with Crippen molar-refractivity contribution < 1.29 is 13.2 Å². The van der Waals surface area contributed by atoms with Crippen molar-refractivity contribution in [3.8, 4) is 0 Å². The zero-order valence-corrected chi connectivity index (χ0v) is 17.8. The molecule has 144 valence electrons. The van der Waals surface area contributed by atoms with Gasteiger partial charge in [0.2, 0.25) is 15.9 Å². The largest absolute Gasteiger partial charge is 0.325 e. The van der Waals surface area contributed by atoms with Gasteiger partial charge in [0.15, 0.2) is 0 Å². The molecule has 1 heterocycles. The summed E-state index contributed by atoms with van der Waals surface area (Å²) in [5.74, 6) is -0.0713. The first-order valence-corrected chi connectivity index (χ1v) is 11.4. The van der Waals surface area contributed by atoms with Crippen LogP contribution in [-0.4, -0.2) is 56.3 Å². The number of carbonyl (C=O) groups excluding carboxylic acids is 1. The van der Waals surface area contributed by atoms with E-state index in [-0.39, 0.29) is 18.2 Å². The van der Waals surface area contributed by atoms with Crippen molar-refractivity contribution in [3.05, 3.63) is 63.7 Å². The molecule has 6 nitrogen and oxygen atoms in total. The summed E-state index contributed by atoms with van der Waals surface area (Å²) in [7, 11) is -3.34. The van der Waals surface area contributed by atoms with E-state index < -0.39 is 10.0 Å². The molecule has 0 atom stereocenters. The maximum absolute atomic E-state index is 12.6.